The van der Waals surface area contributed by atoms with Crippen LogP contribution in [0.25, 0.3) is 0 Å². The first-order valence-corrected chi connectivity index (χ1v) is 6.54. The molecule has 1 N–H and O–H groups in total. The molecule has 0 radical (unpaired) electrons. The van der Waals surface area contributed by atoms with Gasteiger partial charge in [0.05, 0.1) is 12.7 Å². The Morgan fingerprint density at radius 2 is 2.39 bits per heavy atom. The van der Waals surface area contributed by atoms with Crippen LogP contribution in [0.5, 0.6) is 0 Å². The quantitative estimate of drug-likeness (QED) is 0.786. The van der Waals surface area contributed by atoms with Crippen molar-refractivity contribution in [3.63, 3.8) is 0 Å². The van der Waals surface area contributed by atoms with Gasteiger partial charge in [0, 0.05) is 13.1 Å². The molecule has 0 amide bonds. The monoisotopic (exact) mass is 252 g/mol. The summed E-state index contributed by atoms with van der Waals surface area (Å²) < 4.78 is 1.60. The second kappa shape index (κ2) is 5.95. The van der Waals surface area contributed by atoms with Crippen molar-refractivity contribution in [1.29, 1.82) is 0 Å². The van der Waals surface area contributed by atoms with E-state index in [4.69, 9.17) is 5.11 Å². The van der Waals surface area contributed by atoms with Gasteiger partial charge in [-0.15, -0.1) is 5.10 Å². The van der Waals surface area contributed by atoms with Crippen LogP contribution < -0.4 is 0 Å². The summed E-state index contributed by atoms with van der Waals surface area (Å²) in [7, 11) is 0. The predicted molar refractivity (Wildman–Crippen MR) is 66.4 cm³/mol. The van der Waals surface area contributed by atoms with Gasteiger partial charge in [0.25, 0.3) is 0 Å². The number of carboxylic acid groups (broad SMARTS) is 1. The summed E-state index contributed by atoms with van der Waals surface area (Å²) in [5, 5.41) is 16.2. The zero-order valence-corrected chi connectivity index (χ0v) is 10.7. The van der Waals surface area contributed by atoms with Gasteiger partial charge in [-0.05, 0) is 25.3 Å². The number of carboxylic acids is 1. The molecular weight excluding hydrogens is 232 g/mol. The lowest BCUT2D eigenvalue weighted by Gasteiger charge is -2.31. The van der Waals surface area contributed by atoms with E-state index in [-0.39, 0.29) is 5.69 Å². The van der Waals surface area contributed by atoms with Crippen molar-refractivity contribution in [2.24, 2.45) is 5.92 Å². The van der Waals surface area contributed by atoms with Gasteiger partial charge in [-0.1, -0.05) is 18.6 Å². The van der Waals surface area contributed by atoms with E-state index in [0.29, 0.717) is 6.54 Å². The van der Waals surface area contributed by atoms with Crippen LogP contribution in [0.15, 0.2) is 6.20 Å². The lowest BCUT2D eigenvalue weighted by molar-refractivity contribution is 0.0690. The van der Waals surface area contributed by atoms with E-state index in [2.05, 4.69) is 22.1 Å². The molecule has 0 aliphatic heterocycles. The van der Waals surface area contributed by atoms with Gasteiger partial charge in [-0.2, -0.15) is 0 Å². The van der Waals surface area contributed by atoms with Crippen molar-refractivity contribution in [2.75, 3.05) is 19.6 Å². The number of aromatic carboxylic acids is 1. The summed E-state index contributed by atoms with van der Waals surface area (Å²) in [5.74, 6) is -0.168. The van der Waals surface area contributed by atoms with E-state index in [1.165, 1.54) is 25.5 Å². The summed E-state index contributed by atoms with van der Waals surface area (Å²) in [4.78, 5) is 13.1. The van der Waals surface area contributed by atoms with E-state index in [1.807, 2.05) is 0 Å². The molecule has 1 fully saturated rings. The highest BCUT2D eigenvalue weighted by Gasteiger charge is 2.19. The number of rotatable bonds is 7. The molecule has 1 heterocycles. The van der Waals surface area contributed by atoms with Crippen LogP contribution in [0.1, 0.15) is 36.7 Å². The first kappa shape index (κ1) is 13.0. The largest absolute Gasteiger partial charge is 0.476 e. The fraction of sp³-hybridized carbons (Fsp3) is 0.750. The van der Waals surface area contributed by atoms with Crippen LogP contribution in [0.3, 0.4) is 0 Å². The first-order chi connectivity index (χ1) is 8.69. The third-order valence-corrected chi connectivity index (χ3v) is 3.59. The number of hydrogen-bond donors (Lipinski definition) is 1. The summed E-state index contributed by atoms with van der Waals surface area (Å²) >= 11 is 0. The van der Waals surface area contributed by atoms with Crippen LogP contribution in [-0.2, 0) is 6.54 Å². The SMILES string of the molecule is CCN(CCn1cc(C(=O)O)nn1)CC1CCC1. The van der Waals surface area contributed by atoms with Gasteiger partial charge >= 0.3 is 5.97 Å². The normalized spacial score (nSPS) is 15.9. The summed E-state index contributed by atoms with van der Waals surface area (Å²) in [6.45, 7) is 5.92. The number of aromatic nitrogens is 3. The van der Waals surface area contributed by atoms with E-state index < -0.39 is 5.97 Å². The maximum atomic E-state index is 10.7. The van der Waals surface area contributed by atoms with Gasteiger partial charge in [0.1, 0.15) is 0 Å². The van der Waals surface area contributed by atoms with Crippen molar-refractivity contribution in [3.05, 3.63) is 11.9 Å². The Bertz CT molecular complexity index is 401. The molecule has 1 aliphatic rings. The van der Waals surface area contributed by atoms with Gasteiger partial charge in [0.15, 0.2) is 5.69 Å². The smallest absolute Gasteiger partial charge is 0.358 e. The highest BCUT2D eigenvalue weighted by molar-refractivity contribution is 5.84. The maximum absolute atomic E-state index is 10.7. The van der Waals surface area contributed by atoms with E-state index in [1.54, 1.807) is 4.68 Å². The Morgan fingerprint density at radius 3 is 2.89 bits per heavy atom. The van der Waals surface area contributed by atoms with Crippen molar-refractivity contribution < 1.29 is 9.90 Å². The molecule has 0 saturated heterocycles. The summed E-state index contributed by atoms with van der Waals surface area (Å²) in [6, 6.07) is 0. The van der Waals surface area contributed by atoms with Crippen molar-refractivity contribution in [1.82, 2.24) is 19.9 Å². The van der Waals surface area contributed by atoms with Gasteiger partial charge in [-0.25, -0.2) is 4.79 Å². The lowest BCUT2D eigenvalue weighted by atomic mass is 9.85. The standard InChI is InChI=1S/C12H20N4O2/c1-2-15(8-10-4-3-5-10)6-7-16-9-11(12(17)18)13-14-16/h9-10H,2-8H2,1H3,(H,17,18). The summed E-state index contributed by atoms with van der Waals surface area (Å²) in [6.07, 6.45) is 5.55. The molecule has 100 valence electrons. The van der Waals surface area contributed by atoms with Crippen LogP contribution in [0.2, 0.25) is 0 Å². The average Bonchev–Trinajstić information content (AvgIpc) is 2.76. The van der Waals surface area contributed by atoms with Crippen LogP contribution in [0.4, 0.5) is 0 Å². The van der Waals surface area contributed by atoms with Gasteiger partial charge < -0.3 is 10.0 Å². The zero-order chi connectivity index (χ0) is 13.0. The average molecular weight is 252 g/mol. The van der Waals surface area contributed by atoms with Crippen LogP contribution in [0, 0.1) is 5.92 Å². The Balaban J connectivity index is 1.78. The number of nitrogens with zero attached hydrogens (tertiary/aromatic N) is 4. The fourth-order valence-electron chi connectivity index (χ4n) is 2.17. The van der Waals surface area contributed by atoms with Crippen molar-refractivity contribution in [2.45, 2.75) is 32.7 Å². The molecule has 0 spiro atoms. The molecule has 0 atom stereocenters. The zero-order valence-electron chi connectivity index (χ0n) is 10.7. The van der Waals surface area contributed by atoms with Crippen molar-refractivity contribution >= 4 is 5.97 Å². The van der Waals surface area contributed by atoms with Gasteiger partial charge in [0.2, 0.25) is 0 Å². The number of hydrogen-bond acceptors (Lipinski definition) is 4. The van der Waals surface area contributed by atoms with Crippen molar-refractivity contribution in [3.8, 4) is 0 Å². The molecule has 6 heteroatoms. The lowest BCUT2D eigenvalue weighted by Crippen LogP contribution is -2.34. The minimum absolute atomic E-state index is 0.0111. The summed E-state index contributed by atoms with van der Waals surface area (Å²) in [5.41, 5.74) is 0.0111. The molecule has 1 aromatic heterocycles. The highest BCUT2D eigenvalue weighted by atomic mass is 16.4. The van der Waals surface area contributed by atoms with Crippen LogP contribution >= 0.6 is 0 Å². The minimum Gasteiger partial charge on any atom is -0.476 e. The van der Waals surface area contributed by atoms with Gasteiger partial charge in [-0.3, -0.25) is 4.68 Å². The number of likely N-dealkylation sites (N-methyl/N-ethyl adjacent to an activating group) is 1. The minimum atomic E-state index is -1.02. The molecular formula is C12H20N4O2. The fourth-order valence-corrected chi connectivity index (χ4v) is 2.17. The molecule has 1 saturated carbocycles. The molecule has 1 aromatic rings. The number of carbonyl (C=O) groups is 1. The molecule has 0 aromatic carbocycles. The second-order valence-electron chi connectivity index (χ2n) is 4.86. The van der Waals surface area contributed by atoms with E-state index in [9.17, 15) is 4.79 Å². The third-order valence-electron chi connectivity index (χ3n) is 3.59. The molecule has 0 bridgehead atoms. The molecule has 0 unspecified atom stereocenters. The third kappa shape index (κ3) is 3.29. The van der Waals surface area contributed by atoms with Crippen LogP contribution in [-0.4, -0.2) is 50.6 Å². The second-order valence-corrected chi connectivity index (χ2v) is 4.86. The Labute approximate surface area is 107 Å². The van der Waals surface area contributed by atoms with E-state index >= 15 is 0 Å². The Kier molecular flexibility index (Phi) is 4.30. The Morgan fingerprint density at radius 1 is 1.61 bits per heavy atom. The maximum Gasteiger partial charge on any atom is 0.358 e. The van der Waals surface area contributed by atoms with E-state index in [0.717, 1.165) is 25.6 Å². The molecule has 1 aliphatic carbocycles. The molecule has 2 rings (SSSR count). The molecule has 6 nitrogen and oxygen atoms in total. The highest BCUT2D eigenvalue weighted by Crippen LogP contribution is 2.26. The Hall–Kier alpha value is -1.43. The predicted octanol–water partition coefficient (Wildman–Crippen LogP) is 1.10. The molecule has 18 heavy (non-hydrogen) atoms. The topological polar surface area (TPSA) is 71.2 Å². The first-order valence-electron chi connectivity index (χ1n) is 6.54.